The molecule has 0 saturated carbocycles. The van der Waals surface area contributed by atoms with E-state index in [0.29, 0.717) is 22.9 Å². The van der Waals surface area contributed by atoms with Crippen LogP contribution in [-0.2, 0) is 0 Å². The van der Waals surface area contributed by atoms with Crippen molar-refractivity contribution in [2.75, 3.05) is 12.1 Å². The molecule has 2 aromatic carbocycles. The van der Waals surface area contributed by atoms with Gasteiger partial charge in [0.25, 0.3) is 0 Å². The van der Waals surface area contributed by atoms with E-state index in [9.17, 15) is 4.79 Å². The van der Waals surface area contributed by atoms with Crippen LogP contribution in [0.3, 0.4) is 0 Å². The van der Waals surface area contributed by atoms with Gasteiger partial charge in [-0.15, -0.1) is 5.10 Å². The Kier molecular flexibility index (Phi) is 3.72. The molecule has 0 bridgehead atoms. The molecule has 0 spiro atoms. The summed E-state index contributed by atoms with van der Waals surface area (Å²) in [5.74, 6) is 0.606. The van der Waals surface area contributed by atoms with Gasteiger partial charge in [0.1, 0.15) is 0 Å². The molecule has 0 fully saturated rings. The highest BCUT2D eigenvalue weighted by Crippen LogP contribution is 2.34. The van der Waals surface area contributed by atoms with Gasteiger partial charge in [0.05, 0.1) is 11.9 Å². The van der Waals surface area contributed by atoms with Gasteiger partial charge >= 0.3 is 11.8 Å². The van der Waals surface area contributed by atoms with E-state index >= 15 is 0 Å². The van der Waals surface area contributed by atoms with Gasteiger partial charge in [0.15, 0.2) is 17.2 Å². The topological polar surface area (TPSA) is 117 Å². The van der Waals surface area contributed by atoms with Crippen LogP contribution in [-0.4, -0.2) is 37.8 Å². The standard InChI is InChI=1S/C18H12N6O4/c25-17(19-11-6-7-14-15(8-11)27-10-26-14)18-20-16(22-28-18)13-9-24(23-21-13)12-4-2-1-3-5-12/h1-9H,10H2,(H,19,25). The normalized spacial score (nSPS) is 12.1. The summed E-state index contributed by atoms with van der Waals surface area (Å²) in [5, 5.41) is 14.5. The van der Waals surface area contributed by atoms with E-state index in [1.54, 1.807) is 29.1 Å². The molecule has 0 radical (unpaired) electrons. The molecule has 2 aromatic heterocycles. The van der Waals surface area contributed by atoms with Crippen LogP contribution in [0.25, 0.3) is 17.2 Å². The monoisotopic (exact) mass is 376 g/mol. The highest BCUT2D eigenvalue weighted by molar-refractivity contribution is 6.01. The fraction of sp³-hybridized carbons (Fsp3) is 0.0556. The van der Waals surface area contributed by atoms with Crippen molar-refractivity contribution in [3.05, 3.63) is 60.6 Å². The molecule has 1 amide bonds. The lowest BCUT2D eigenvalue weighted by atomic mass is 10.3. The number of rotatable bonds is 4. The summed E-state index contributed by atoms with van der Waals surface area (Å²) in [5.41, 5.74) is 1.74. The fourth-order valence-corrected chi connectivity index (χ4v) is 2.65. The Hall–Kier alpha value is -4.21. The lowest BCUT2D eigenvalue weighted by Crippen LogP contribution is -2.12. The van der Waals surface area contributed by atoms with E-state index in [-0.39, 0.29) is 18.5 Å². The number of para-hydroxylation sites is 1. The predicted molar refractivity (Wildman–Crippen MR) is 95.2 cm³/mol. The molecule has 5 rings (SSSR count). The third-order valence-corrected chi connectivity index (χ3v) is 3.99. The van der Waals surface area contributed by atoms with Gasteiger partial charge in [-0.1, -0.05) is 28.6 Å². The quantitative estimate of drug-likeness (QED) is 0.576. The van der Waals surface area contributed by atoms with E-state index < -0.39 is 5.91 Å². The lowest BCUT2D eigenvalue weighted by Gasteiger charge is -2.03. The van der Waals surface area contributed by atoms with Crippen LogP contribution in [0.5, 0.6) is 11.5 Å². The number of nitrogens with one attached hydrogen (secondary N) is 1. The summed E-state index contributed by atoms with van der Waals surface area (Å²) in [7, 11) is 0. The second-order valence-corrected chi connectivity index (χ2v) is 5.83. The van der Waals surface area contributed by atoms with E-state index in [0.717, 1.165) is 5.69 Å². The Morgan fingerprint density at radius 3 is 2.82 bits per heavy atom. The molecule has 0 saturated heterocycles. The zero-order chi connectivity index (χ0) is 18.9. The molecule has 1 aliphatic rings. The summed E-state index contributed by atoms with van der Waals surface area (Å²) in [4.78, 5) is 16.5. The van der Waals surface area contributed by atoms with Crippen molar-refractivity contribution in [2.24, 2.45) is 0 Å². The van der Waals surface area contributed by atoms with Crippen LogP contribution >= 0.6 is 0 Å². The minimum absolute atomic E-state index is 0.156. The molecule has 10 heteroatoms. The minimum atomic E-state index is -0.548. The smallest absolute Gasteiger partial charge is 0.316 e. The average molecular weight is 376 g/mol. The number of carbonyl (C=O) groups is 1. The van der Waals surface area contributed by atoms with Gasteiger partial charge in [0, 0.05) is 11.8 Å². The number of hydrogen-bond donors (Lipinski definition) is 1. The van der Waals surface area contributed by atoms with Crippen LogP contribution < -0.4 is 14.8 Å². The SMILES string of the molecule is O=C(Nc1ccc2c(c1)OCO2)c1nc(-c2cn(-c3ccccc3)nn2)no1. The predicted octanol–water partition coefficient (Wildman–Crippen LogP) is 2.30. The molecule has 0 unspecified atom stereocenters. The molecule has 28 heavy (non-hydrogen) atoms. The maximum absolute atomic E-state index is 12.4. The molecule has 0 aliphatic carbocycles. The third-order valence-electron chi connectivity index (χ3n) is 3.99. The summed E-state index contributed by atoms with van der Waals surface area (Å²) in [6.45, 7) is 0.156. The number of amides is 1. The van der Waals surface area contributed by atoms with Gasteiger partial charge in [0.2, 0.25) is 12.6 Å². The first kappa shape index (κ1) is 16.0. The molecule has 138 valence electrons. The van der Waals surface area contributed by atoms with Gasteiger partial charge in [-0.2, -0.15) is 4.98 Å². The molecule has 1 aliphatic heterocycles. The molecule has 4 aromatic rings. The van der Waals surface area contributed by atoms with Crippen molar-refractivity contribution in [2.45, 2.75) is 0 Å². The van der Waals surface area contributed by atoms with Crippen LogP contribution in [0.15, 0.2) is 59.3 Å². The number of aromatic nitrogens is 5. The van der Waals surface area contributed by atoms with Crippen molar-refractivity contribution >= 4 is 11.6 Å². The zero-order valence-corrected chi connectivity index (χ0v) is 14.3. The number of benzene rings is 2. The number of anilines is 1. The highest BCUT2D eigenvalue weighted by Gasteiger charge is 2.20. The Labute approximate surface area is 157 Å². The second-order valence-electron chi connectivity index (χ2n) is 5.83. The number of nitrogens with zero attached hydrogens (tertiary/aromatic N) is 5. The van der Waals surface area contributed by atoms with Crippen LogP contribution in [0.4, 0.5) is 5.69 Å². The molecule has 3 heterocycles. The Balaban J connectivity index is 1.33. The number of fused-ring (bicyclic) bond motifs is 1. The molecular weight excluding hydrogens is 364 g/mol. The summed E-state index contributed by atoms with van der Waals surface area (Å²) >= 11 is 0. The van der Waals surface area contributed by atoms with Crippen molar-refractivity contribution in [3.63, 3.8) is 0 Å². The van der Waals surface area contributed by atoms with E-state index in [4.69, 9.17) is 14.0 Å². The molecular formula is C18H12N6O4. The lowest BCUT2D eigenvalue weighted by molar-refractivity contribution is 0.0981. The maximum atomic E-state index is 12.4. The van der Waals surface area contributed by atoms with Gasteiger partial charge in [-0.3, -0.25) is 4.79 Å². The third kappa shape index (κ3) is 2.92. The van der Waals surface area contributed by atoms with Gasteiger partial charge < -0.3 is 19.3 Å². The maximum Gasteiger partial charge on any atom is 0.316 e. The highest BCUT2D eigenvalue weighted by atomic mass is 16.7. The van der Waals surface area contributed by atoms with Crippen molar-refractivity contribution in [1.82, 2.24) is 25.1 Å². The molecule has 0 atom stereocenters. The molecule has 10 nitrogen and oxygen atoms in total. The Morgan fingerprint density at radius 1 is 1.07 bits per heavy atom. The summed E-state index contributed by atoms with van der Waals surface area (Å²) in [6.07, 6.45) is 1.65. The fourth-order valence-electron chi connectivity index (χ4n) is 2.65. The minimum Gasteiger partial charge on any atom is -0.454 e. The van der Waals surface area contributed by atoms with Crippen molar-refractivity contribution in [3.8, 4) is 28.7 Å². The number of hydrogen-bond acceptors (Lipinski definition) is 8. The van der Waals surface area contributed by atoms with Crippen LogP contribution in [0.2, 0.25) is 0 Å². The molecule has 1 N–H and O–H groups in total. The second kappa shape index (κ2) is 6.50. The Bertz CT molecular complexity index is 1150. The summed E-state index contributed by atoms with van der Waals surface area (Å²) < 4.78 is 17.2. The first-order valence-corrected chi connectivity index (χ1v) is 8.29. The average Bonchev–Trinajstić information content (AvgIpc) is 3.47. The number of ether oxygens (including phenoxy) is 2. The van der Waals surface area contributed by atoms with Crippen molar-refractivity contribution in [1.29, 1.82) is 0 Å². The van der Waals surface area contributed by atoms with E-state index in [1.165, 1.54) is 0 Å². The van der Waals surface area contributed by atoms with Crippen molar-refractivity contribution < 1.29 is 18.8 Å². The van der Waals surface area contributed by atoms with Crippen LogP contribution in [0.1, 0.15) is 10.7 Å². The Morgan fingerprint density at radius 2 is 1.93 bits per heavy atom. The van der Waals surface area contributed by atoms with Crippen LogP contribution in [0, 0.1) is 0 Å². The largest absolute Gasteiger partial charge is 0.454 e. The first-order valence-electron chi connectivity index (χ1n) is 8.29. The van der Waals surface area contributed by atoms with Gasteiger partial charge in [-0.05, 0) is 24.3 Å². The summed E-state index contributed by atoms with van der Waals surface area (Å²) in [6, 6.07) is 14.5. The van der Waals surface area contributed by atoms with E-state index in [2.05, 4.69) is 25.8 Å². The van der Waals surface area contributed by atoms with Gasteiger partial charge in [-0.25, -0.2) is 4.68 Å². The van der Waals surface area contributed by atoms with E-state index in [1.807, 2.05) is 30.3 Å². The number of carbonyl (C=O) groups excluding carboxylic acids is 1. The first-order chi connectivity index (χ1) is 13.8. The zero-order valence-electron chi connectivity index (χ0n) is 14.3.